The largest absolute Gasteiger partial charge is 0.395 e. The van der Waals surface area contributed by atoms with Gasteiger partial charge in [0.05, 0.1) is 18.0 Å². The molecule has 5 heteroatoms. The number of carbonyl (C=O) groups excluding carboxylic acids is 1. The Morgan fingerprint density at radius 3 is 3.21 bits per heavy atom. The molecule has 1 atom stereocenters. The van der Waals surface area contributed by atoms with Crippen LogP contribution in [-0.4, -0.2) is 30.3 Å². The van der Waals surface area contributed by atoms with Crippen molar-refractivity contribution in [3.05, 3.63) is 21.9 Å². The third-order valence-corrected chi connectivity index (χ3v) is 3.77. The zero-order chi connectivity index (χ0) is 13.5. The molecule has 19 heavy (non-hydrogen) atoms. The summed E-state index contributed by atoms with van der Waals surface area (Å²) in [5.41, 5.74) is 0. The minimum Gasteiger partial charge on any atom is -0.395 e. The van der Waals surface area contributed by atoms with Crippen LogP contribution in [0.15, 0.2) is 12.1 Å². The molecule has 1 amide bonds. The van der Waals surface area contributed by atoms with Gasteiger partial charge in [0, 0.05) is 17.9 Å². The van der Waals surface area contributed by atoms with Crippen molar-refractivity contribution in [1.82, 2.24) is 5.32 Å². The second kappa shape index (κ2) is 7.29. The first-order chi connectivity index (χ1) is 9.29. The monoisotopic (exact) mass is 279 g/mol. The first-order valence-electron chi connectivity index (χ1n) is 6.37. The summed E-state index contributed by atoms with van der Waals surface area (Å²) in [5.74, 6) is 5.83. The van der Waals surface area contributed by atoms with E-state index in [9.17, 15) is 4.79 Å². The van der Waals surface area contributed by atoms with E-state index in [1.165, 1.54) is 0 Å². The van der Waals surface area contributed by atoms with Crippen molar-refractivity contribution in [3.8, 4) is 11.8 Å². The Morgan fingerprint density at radius 1 is 1.58 bits per heavy atom. The molecule has 2 heterocycles. The molecule has 102 valence electrons. The lowest BCUT2D eigenvalue weighted by Gasteiger charge is -2.09. The summed E-state index contributed by atoms with van der Waals surface area (Å²) in [6.07, 6.45) is 1.99. The van der Waals surface area contributed by atoms with E-state index in [0.717, 1.165) is 22.6 Å². The molecule has 0 bridgehead atoms. The fourth-order valence-corrected chi connectivity index (χ4v) is 2.64. The maximum atomic E-state index is 11.7. The number of aliphatic hydroxyl groups excluding tert-OH is 1. The molecule has 1 aromatic heterocycles. The highest BCUT2D eigenvalue weighted by Gasteiger charge is 2.23. The van der Waals surface area contributed by atoms with Crippen molar-refractivity contribution < 1.29 is 14.6 Å². The summed E-state index contributed by atoms with van der Waals surface area (Å²) < 4.78 is 5.32. The lowest BCUT2D eigenvalue weighted by Crippen LogP contribution is -2.33. The molecule has 1 fully saturated rings. The van der Waals surface area contributed by atoms with Crippen LogP contribution in [0.1, 0.15) is 29.0 Å². The second-order valence-electron chi connectivity index (χ2n) is 4.26. The molecular weight excluding hydrogens is 262 g/mol. The van der Waals surface area contributed by atoms with E-state index in [-0.39, 0.29) is 18.6 Å². The van der Waals surface area contributed by atoms with Crippen molar-refractivity contribution in [3.63, 3.8) is 0 Å². The van der Waals surface area contributed by atoms with E-state index in [2.05, 4.69) is 17.2 Å². The van der Waals surface area contributed by atoms with Gasteiger partial charge in [-0.25, -0.2) is 0 Å². The Labute approximate surface area is 116 Å². The quantitative estimate of drug-likeness (QED) is 0.816. The van der Waals surface area contributed by atoms with Gasteiger partial charge in [-0.1, -0.05) is 11.8 Å². The normalized spacial score (nSPS) is 17.8. The maximum absolute atomic E-state index is 11.7. The minimum atomic E-state index is -0.274. The highest BCUT2D eigenvalue weighted by atomic mass is 32.1. The van der Waals surface area contributed by atoms with E-state index in [4.69, 9.17) is 9.84 Å². The topological polar surface area (TPSA) is 58.6 Å². The van der Waals surface area contributed by atoms with Crippen LogP contribution in [0.2, 0.25) is 0 Å². The molecule has 1 aliphatic heterocycles. The van der Waals surface area contributed by atoms with Crippen LogP contribution in [0.5, 0.6) is 0 Å². The number of ether oxygens (including phenoxy) is 1. The fraction of sp³-hybridized carbons (Fsp3) is 0.500. The van der Waals surface area contributed by atoms with Crippen molar-refractivity contribution in [1.29, 1.82) is 0 Å². The van der Waals surface area contributed by atoms with Crippen LogP contribution in [-0.2, 0) is 16.1 Å². The second-order valence-corrected chi connectivity index (χ2v) is 5.43. The fourth-order valence-electron chi connectivity index (χ4n) is 1.82. The number of aliphatic hydroxyl groups is 1. The predicted octanol–water partition coefficient (Wildman–Crippen LogP) is 1.28. The minimum absolute atomic E-state index is 0.0289. The average Bonchev–Trinajstić information content (AvgIpc) is 3.08. The molecule has 0 radical (unpaired) electrons. The van der Waals surface area contributed by atoms with E-state index >= 15 is 0 Å². The Hall–Kier alpha value is -1.35. The van der Waals surface area contributed by atoms with Gasteiger partial charge < -0.3 is 15.2 Å². The van der Waals surface area contributed by atoms with E-state index in [1.807, 2.05) is 12.1 Å². The molecule has 1 saturated heterocycles. The third-order valence-electron chi connectivity index (χ3n) is 2.77. The van der Waals surface area contributed by atoms with Gasteiger partial charge in [0.2, 0.25) is 5.91 Å². The van der Waals surface area contributed by atoms with E-state index in [1.54, 1.807) is 11.3 Å². The van der Waals surface area contributed by atoms with Crippen LogP contribution in [0.4, 0.5) is 0 Å². The smallest absolute Gasteiger partial charge is 0.249 e. The molecule has 1 aliphatic rings. The standard InChI is InChI=1S/C14H17NO3S/c16-8-2-1-4-11-6-7-12(19-11)10-15-14(17)13-5-3-9-18-13/h6-7,13,16H,2-3,5,8-10H2,(H,15,17). The third kappa shape index (κ3) is 4.35. The maximum Gasteiger partial charge on any atom is 0.249 e. The summed E-state index contributed by atoms with van der Waals surface area (Å²) in [4.78, 5) is 13.8. The van der Waals surface area contributed by atoms with Gasteiger partial charge >= 0.3 is 0 Å². The highest BCUT2D eigenvalue weighted by Crippen LogP contribution is 2.16. The number of amides is 1. The lowest BCUT2D eigenvalue weighted by atomic mass is 10.2. The van der Waals surface area contributed by atoms with Crippen molar-refractivity contribution >= 4 is 17.2 Å². The number of thiophene rings is 1. The lowest BCUT2D eigenvalue weighted by molar-refractivity contribution is -0.130. The number of carbonyl (C=O) groups is 1. The van der Waals surface area contributed by atoms with Crippen molar-refractivity contribution in [2.75, 3.05) is 13.2 Å². The van der Waals surface area contributed by atoms with Gasteiger partial charge in [0.1, 0.15) is 6.10 Å². The zero-order valence-electron chi connectivity index (χ0n) is 10.6. The molecule has 2 N–H and O–H groups in total. The predicted molar refractivity (Wildman–Crippen MR) is 73.7 cm³/mol. The van der Waals surface area contributed by atoms with Crippen LogP contribution in [0.25, 0.3) is 0 Å². The molecule has 0 saturated carbocycles. The van der Waals surface area contributed by atoms with Crippen molar-refractivity contribution in [2.24, 2.45) is 0 Å². The number of nitrogens with one attached hydrogen (secondary N) is 1. The molecule has 2 rings (SSSR count). The highest BCUT2D eigenvalue weighted by molar-refractivity contribution is 7.12. The zero-order valence-corrected chi connectivity index (χ0v) is 11.5. The Morgan fingerprint density at radius 2 is 2.47 bits per heavy atom. The van der Waals surface area contributed by atoms with Gasteiger partial charge in [-0.3, -0.25) is 4.79 Å². The Bertz CT molecular complexity index is 480. The molecule has 1 unspecified atom stereocenters. The summed E-state index contributed by atoms with van der Waals surface area (Å²) in [6, 6.07) is 3.89. The Kier molecular flexibility index (Phi) is 5.40. The number of rotatable bonds is 4. The van der Waals surface area contributed by atoms with Crippen LogP contribution in [0.3, 0.4) is 0 Å². The summed E-state index contributed by atoms with van der Waals surface area (Å²) in [7, 11) is 0. The molecule has 0 spiro atoms. The molecule has 1 aromatic rings. The van der Waals surface area contributed by atoms with Crippen LogP contribution < -0.4 is 5.32 Å². The number of hydrogen-bond acceptors (Lipinski definition) is 4. The van der Waals surface area contributed by atoms with E-state index < -0.39 is 0 Å². The van der Waals surface area contributed by atoms with Gasteiger partial charge in [0.15, 0.2) is 0 Å². The van der Waals surface area contributed by atoms with Crippen molar-refractivity contribution in [2.45, 2.75) is 31.9 Å². The van der Waals surface area contributed by atoms with Gasteiger partial charge in [-0.05, 0) is 25.0 Å². The summed E-state index contributed by atoms with van der Waals surface area (Å²) >= 11 is 1.56. The molecule has 0 aliphatic carbocycles. The number of hydrogen-bond donors (Lipinski definition) is 2. The SMILES string of the molecule is O=C(NCc1ccc(C#CCCO)s1)C1CCCO1. The molecule has 4 nitrogen and oxygen atoms in total. The first kappa shape index (κ1) is 14.1. The van der Waals surface area contributed by atoms with Crippen LogP contribution in [0, 0.1) is 11.8 Å². The molecule has 0 aromatic carbocycles. The average molecular weight is 279 g/mol. The van der Waals surface area contributed by atoms with E-state index in [0.29, 0.717) is 19.6 Å². The Balaban J connectivity index is 1.80. The van der Waals surface area contributed by atoms with Gasteiger partial charge in [-0.2, -0.15) is 0 Å². The van der Waals surface area contributed by atoms with Gasteiger partial charge in [0.25, 0.3) is 0 Å². The van der Waals surface area contributed by atoms with Gasteiger partial charge in [-0.15, -0.1) is 11.3 Å². The summed E-state index contributed by atoms with van der Waals surface area (Å²) in [6.45, 7) is 1.29. The molecular formula is C14H17NO3S. The van der Waals surface area contributed by atoms with Crippen LogP contribution >= 0.6 is 11.3 Å². The summed E-state index contributed by atoms with van der Waals surface area (Å²) in [5, 5.41) is 11.5. The first-order valence-corrected chi connectivity index (χ1v) is 7.19.